The Hall–Kier alpha value is -3.72. The number of hydrogen-bond acceptors (Lipinski definition) is 7. The fraction of sp³-hybridized carbons (Fsp3) is 0.333. The zero-order valence-electron chi connectivity index (χ0n) is 18.3. The summed E-state index contributed by atoms with van der Waals surface area (Å²) < 4.78 is 8.12. The summed E-state index contributed by atoms with van der Waals surface area (Å²) in [4.78, 5) is 28.5. The minimum atomic E-state index is -0.558. The van der Waals surface area contributed by atoms with Crippen molar-refractivity contribution in [1.82, 2.24) is 19.5 Å². The van der Waals surface area contributed by atoms with Gasteiger partial charge in [0.2, 0.25) is 0 Å². The number of nitrogens with one attached hydrogen (secondary N) is 1. The second-order valence-corrected chi connectivity index (χ2v) is 8.85. The Labute approximate surface area is 190 Å². The molecule has 0 bridgehead atoms. The highest BCUT2D eigenvalue weighted by Crippen LogP contribution is 2.37. The number of carbonyl (C=O) groups is 1. The summed E-state index contributed by atoms with van der Waals surface area (Å²) in [7, 11) is 0. The van der Waals surface area contributed by atoms with Crippen LogP contribution in [0.25, 0.3) is 21.9 Å². The van der Waals surface area contributed by atoms with Crippen molar-refractivity contribution in [3.8, 4) is 0 Å². The number of anilines is 3. The number of ether oxygens (including phenoxy) is 1. The fourth-order valence-corrected chi connectivity index (χ4v) is 4.64. The number of amides is 1. The predicted molar refractivity (Wildman–Crippen MR) is 127 cm³/mol. The minimum absolute atomic E-state index is 0.130. The summed E-state index contributed by atoms with van der Waals surface area (Å²) in [5.74, 6) is 1.38. The monoisotopic (exact) mass is 443 g/mol. The van der Waals surface area contributed by atoms with Crippen LogP contribution in [-0.4, -0.2) is 44.6 Å². The van der Waals surface area contributed by atoms with Gasteiger partial charge in [0.1, 0.15) is 35.9 Å². The number of pyridine rings is 1. The van der Waals surface area contributed by atoms with Crippen LogP contribution in [0.4, 0.5) is 17.3 Å². The lowest BCUT2D eigenvalue weighted by Crippen LogP contribution is -2.37. The maximum absolute atomic E-state index is 13.0. The molecule has 3 unspecified atom stereocenters. The molecule has 2 aliphatic rings. The van der Waals surface area contributed by atoms with E-state index in [1.165, 1.54) is 12.7 Å². The highest BCUT2D eigenvalue weighted by Gasteiger charge is 2.38. The number of benzene rings is 1. The van der Waals surface area contributed by atoms with Gasteiger partial charge in [0, 0.05) is 36.3 Å². The van der Waals surface area contributed by atoms with E-state index in [4.69, 9.17) is 15.5 Å². The number of fused-ring (bicyclic) bond motifs is 2. The Balaban J connectivity index is 1.20. The molecule has 2 aliphatic heterocycles. The van der Waals surface area contributed by atoms with Crippen molar-refractivity contribution in [2.24, 2.45) is 5.92 Å². The molecule has 1 aromatic carbocycles. The van der Waals surface area contributed by atoms with Crippen molar-refractivity contribution in [1.29, 1.82) is 0 Å². The van der Waals surface area contributed by atoms with Crippen molar-refractivity contribution in [3.05, 3.63) is 48.9 Å². The van der Waals surface area contributed by atoms with Gasteiger partial charge in [0.25, 0.3) is 5.91 Å². The third kappa shape index (κ3) is 3.45. The number of hydrogen-bond donors (Lipinski definition) is 2. The SMILES string of the molecule is CC1CC(C(=O)Nc2ccc3ccc(N4CCC4)nc3c2)OC1n1ccc2c(N)ncnc21. The molecule has 3 atom stereocenters. The van der Waals surface area contributed by atoms with Crippen LogP contribution in [0.1, 0.15) is 26.0 Å². The van der Waals surface area contributed by atoms with Crippen molar-refractivity contribution in [2.45, 2.75) is 32.1 Å². The lowest BCUT2D eigenvalue weighted by Gasteiger charge is -2.32. The van der Waals surface area contributed by atoms with E-state index >= 15 is 0 Å². The molecule has 0 aliphatic carbocycles. The van der Waals surface area contributed by atoms with Crippen LogP contribution in [0, 0.1) is 5.92 Å². The Bertz CT molecular complexity index is 1360. The Morgan fingerprint density at radius 1 is 1.18 bits per heavy atom. The third-order valence-corrected chi connectivity index (χ3v) is 6.61. The van der Waals surface area contributed by atoms with Crippen LogP contribution < -0.4 is 16.0 Å². The summed E-state index contributed by atoms with van der Waals surface area (Å²) in [5, 5.41) is 4.84. The molecular weight excluding hydrogens is 418 g/mol. The molecule has 5 heterocycles. The first kappa shape index (κ1) is 19.9. The van der Waals surface area contributed by atoms with Gasteiger partial charge >= 0.3 is 0 Å². The molecule has 2 fully saturated rings. The molecule has 3 aromatic heterocycles. The summed E-state index contributed by atoms with van der Waals surface area (Å²) in [6.07, 6.45) is 4.29. The first-order chi connectivity index (χ1) is 16.1. The number of carbonyl (C=O) groups excluding carboxylic acids is 1. The summed E-state index contributed by atoms with van der Waals surface area (Å²) >= 11 is 0. The van der Waals surface area contributed by atoms with Crippen molar-refractivity contribution >= 4 is 45.2 Å². The molecule has 1 amide bonds. The van der Waals surface area contributed by atoms with E-state index in [0.29, 0.717) is 23.6 Å². The molecule has 0 radical (unpaired) electrons. The summed E-state index contributed by atoms with van der Waals surface area (Å²) in [6, 6.07) is 11.8. The van der Waals surface area contributed by atoms with Gasteiger partial charge in [-0.25, -0.2) is 15.0 Å². The van der Waals surface area contributed by atoms with Crippen molar-refractivity contribution < 1.29 is 9.53 Å². The molecule has 0 saturated carbocycles. The summed E-state index contributed by atoms with van der Waals surface area (Å²) in [6.45, 7) is 4.16. The predicted octanol–water partition coefficient (Wildman–Crippen LogP) is 3.33. The van der Waals surface area contributed by atoms with E-state index < -0.39 is 6.10 Å². The van der Waals surface area contributed by atoms with E-state index in [2.05, 4.69) is 39.2 Å². The van der Waals surface area contributed by atoms with Gasteiger partial charge in [-0.3, -0.25) is 4.79 Å². The van der Waals surface area contributed by atoms with Crippen LogP contribution in [-0.2, 0) is 9.53 Å². The standard InChI is InChI=1S/C24H25N7O2/c1-14-11-19(33-24(14)31-10-7-17-21(25)26-13-27-22(17)31)23(32)28-16-5-3-15-4-6-20(29-18(15)12-16)30-8-2-9-30/h3-7,10,12-14,19,24H,2,8-9,11H2,1H3,(H,28,32)(H2,25,26,27). The number of nitrogens with two attached hydrogens (primary N) is 1. The van der Waals surface area contributed by atoms with Gasteiger partial charge in [-0.15, -0.1) is 0 Å². The van der Waals surface area contributed by atoms with Gasteiger partial charge < -0.3 is 25.3 Å². The van der Waals surface area contributed by atoms with Crippen LogP contribution in [0.3, 0.4) is 0 Å². The first-order valence-corrected chi connectivity index (χ1v) is 11.3. The first-order valence-electron chi connectivity index (χ1n) is 11.3. The Morgan fingerprint density at radius 2 is 2.03 bits per heavy atom. The average Bonchev–Trinajstić information content (AvgIpc) is 3.36. The molecule has 9 nitrogen and oxygen atoms in total. The third-order valence-electron chi connectivity index (χ3n) is 6.61. The van der Waals surface area contributed by atoms with Crippen LogP contribution in [0.5, 0.6) is 0 Å². The minimum Gasteiger partial charge on any atom is -0.383 e. The molecule has 4 aromatic rings. The Kier molecular flexibility index (Phi) is 4.65. The molecular formula is C24H25N7O2. The molecule has 168 valence electrons. The number of rotatable bonds is 4. The van der Waals surface area contributed by atoms with Crippen LogP contribution in [0.2, 0.25) is 0 Å². The number of nitrogen functional groups attached to an aromatic ring is 1. The largest absolute Gasteiger partial charge is 0.383 e. The quantitative estimate of drug-likeness (QED) is 0.498. The van der Waals surface area contributed by atoms with Crippen molar-refractivity contribution in [2.75, 3.05) is 29.0 Å². The zero-order valence-corrected chi connectivity index (χ0v) is 18.3. The van der Waals surface area contributed by atoms with Gasteiger partial charge in [-0.05, 0) is 43.2 Å². The topological polar surface area (TPSA) is 111 Å². The second-order valence-electron chi connectivity index (χ2n) is 8.85. The molecule has 2 saturated heterocycles. The second kappa shape index (κ2) is 7.70. The highest BCUT2D eigenvalue weighted by atomic mass is 16.5. The van der Waals surface area contributed by atoms with E-state index in [1.807, 2.05) is 35.0 Å². The van der Waals surface area contributed by atoms with Crippen molar-refractivity contribution in [3.63, 3.8) is 0 Å². The van der Waals surface area contributed by atoms with Gasteiger partial charge in [0.05, 0.1) is 10.9 Å². The van der Waals surface area contributed by atoms with Gasteiger partial charge in [0.15, 0.2) is 0 Å². The van der Waals surface area contributed by atoms with E-state index in [1.54, 1.807) is 0 Å². The summed E-state index contributed by atoms with van der Waals surface area (Å²) in [5.41, 5.74) is 8.25. The zero-order chi connectivity index (χ0) is 22.5. The molecule has 6 rings (SSSR count). The normalized spacial score (nSPS) is 22.6. The number of nitrogens with zero attached hydrogens (tertiary/aromatic N) is 5. The number of aromatic nitrogens is 4. The smallest absolute Gasteiger partial charge is 0.253 e. The maximum atomic E-state index is 13.0. The molecule has 33 heavy (non-hydrogen) atoms. The maximum Gasteiger partial charge on any atom is 0.253 e. The Morgan fingerprint density at radius 3 is 2.85 bits per heavy atom. The van der Waals surface area contributed by atoms with Gasteiger partial charge in [-0.2, -0.15) is 0 Å². The highest BCUT2D eigenvalue weighted by molar-refractivity contribution is 5.96. The average molecular weight is 444 g/mol. The molecule has 9 heteroatoms. The lowest BCUT2D eigenvalue weighted by molar-refractivity contribution is -0.128. The van der Waals surface area contributed by atoms with Gasteiger partial charge in [-0.1, -0.05) is 13.0 Å². The molecule has 3 N–H and O–H groups in total. The van der Waals surface area contributed by atoms with Crippen LogP contribution >= 0.6 is 0 Å². The molecule has 0 spiro atoms. The van der Waals surface area contributed by atoms with E-state index in [0.717, 1.165) is 35.2 Å². The van der Waals surface area contributed by atoms with Crippen LogP contribution in [0.15, 0.2) is 48.9 Å². The van der Waals surface area contributed by atoms with E-state index in [9.17, 15) is 4.79 Å². The fourth-order valence-electron chi connectivity index (χ4n) is 4.64. The van der Waals surface area contributed by atoms with E-state index in [-0.39, 0.29) is 18.1 Å². The lowest BCUT2D eigenvalue weighted by atomic mass is 10.1.